The van der Waals surface area contributed by atoms with Gasteiger partial charge in [-0.15, -0.1) is 8.78 Å². The fourth-order valence-corrected chi connectivity index (χ4v) is 3.11. The topological polar surface area (TPSA) is 102 Å². The average Bonchev–Trinajstić information content (AvgIpc) is 3.23. The summed E-state index contributed by atoms with van der Waals surface area (Å²) in [7, 11) is 0. The number of rotatable bonds is 4. The van der Waals surface area contributed by atoms with Gasteiger partial charge in [0.25, 0.3) is 5.56 Å². The Hall–Kier alpha value is -3.21. The van der Waals surface area contributed by atoms with Crippen molar-refractivity contribution >= 4 is 34.1 Å². The second-order valence-corrected chi connectivity index (χ2v) is 6.21. The van der Waals surface area contributed by atoms with Crippen LogP contribution < -0.4 is 19.9 Å². The number of hydrogen-bond donors (Lipinski definition) is 1. The summed E-state index contributed by atoms with van der Waals surface area (Å²) in [6, 6.07) is 3.98. The Bertz CT molecular complexity index is 1150. The summed E-state index contributed by atoms with van der Waals surface area (Å²) in [5, 5.41) is 10.4. The lowest BCUT2D eigenvalue weighted by Gasteiger charge is -2.21. The Balaban J connectivity index is 1.63. The number of carbonyl (C=O) groups is 1. The van der Waals surface area contributed by atoms with Gasteiger partial charge < -0.3 is 14.4 Å². The number of nitrogens with one attached hydrogen (secondary N) is 1. The van der Waals surface area contributed by atoms with Crippen LogP contribution in [0.4, 0.5) is 14.5 Å². The Morgan fingerprint density at radius 1 is 1.36 bits per heavy atom. The Morgan fingerprint density at radius 3 is 2.86 bits per heavy atom. The molecule has 1 amide bonds. The molecule has 9 nitrogen and oxygen atoms in total. The third kappa shape index (κ3) is 3.03. The number of amides is 1. The number of fused-ring (bicyclic) bond motifs is 2. The number of anilines is 1. The van der Waals surface area contributed by atoms with Gasteiger partial charge in [-0.2, -0.15) is 10.2 Å². The summed E-state index contributed by atoms with van der Waals surface area (Å²) in [5.41, 5.74) is 0.0402. The lowest BCUT2D eigenvalue weighted by atomic mass is 10.2. The number of aromatic nitrogens is 4. The summed E-state index contributed by atoms with van der Waals surface area (Å²) in [6.07, 6.45) is -2.46. The molecule has 0 saturated carbocycles. The van der Waals surface area contributed by atoms with Crippen molar-refractivity contribution < 1.29 is 23.0 Å². The number of ether oxygens (including phenoxy) is 2. The molecule has 1 N–H and O–H groups in total. The number of nitrogens with zero attached hydrogens (tertiary/aromatic N) is 4. The van der Waals surface area contributed by atoms with Crippen LogP contribution in [0, 0.1) is 0 Å². The third-order valence-electron chi connectivity index (χ3n) is 4.12. The maximum Gasteiger partial charge on any atom is 0.586 e. The maximum absolute atomic E-state index is 13.2. The van der Waals surface area contributed by atoms with Gasteiger partial charge in [0.05, 0.1) is 11.6 Å². The van der Waals surface area contributed by atoms with Crippen LogP contribution in [0.25, 0.3) is 10.9 Å². The number of aromatic amines is 1. The van der Waals surface area contributed by atoms with Crippen LogP contribution in [0.5, 0.6) is 11.5 Å². The van der Waals surface area contributed by atoms with Gasteiger partial charge in [-0.25, -0.2) is 4.68 Å². The van der Waals surface area contributed by atoms with E-state index < -0.39 is 24.3 Å². The van der Waals surface area contributed by atoms with Gasteiger partial charge in [0, 0.05) is 18.3 Å². The van der Waals surface area contributed by atoms with Gasteiger partial charge >= 0.3 is 6.29 Å². The van der Waals surface area contributed by atoms with E-state index in [0.717, 1.165) is 4.68 Å². The van der Waals surface area contributed by atoms with Gasteiger partial charge in [0.1, 0.15) is 12.1 Å². The number of alkyl halides is 2. The number of likely N-dealkylation sites (N-methyl/N-ethyl adjacent to an activating group) is 1. The molecule has 0 unspecified atom stereocenters. The second-order valence-electron chi connectivity index (χ2n) is 5.85. The molecule has 1 aliphatic heterocycles. The second kappa shape index (κ2) is 6.44. The molecule has 2 aromatic heterocycles. The number of benzene rings is 1. The highest BCUT2D eigenvalue weighted by molar-refractivity contribution is 6.33. The summed E-state index contributed by atoms with van der Waals surface area (Å²) < 4.78 is 36.1. The zero-order chi connectivity index (χ0) is 20.1. The van der Waals surface area contributed by atoms with Crippen LogP contribution in [0.2, 0.25) is 5.15 Å². The molecule has 0 atom stereocenters. The SMILES string of the molecule is CCN(C(=O)Cn1nc(Cl)c2[nH]ncc2c1=O)c1ccc2c(c1)OC(F)(F)O2. The molecular formula is C16H12ClF2N5O4. The fourth-order valence-electron chi connectivity index (χ4n) is 2.88. The van der Waals surface area contributed by atoms with Crippen LogP contribution in [-0.4, -0.2) is 38.7 Å². The van der Waals surface area contributed by atoms with Gasteiger partial charge in [-0.3, -0.25) is 14.7 Å². The number of H-pyrrole nitrogens is 1. The molecule has 3 heterocycles. The molecule has 1 aliphatic rings. The van der Waals surface area contributed by atoms with E-state index in [-0.39, 0.29) is 34.1 Å². The molecule has 0 radical (unpaired) electrons. The first-order valence-electron chi connectivity index (χ1n) is 8.09. The van der Waals surface area contributed by atoms with E-state index in [1.807, 2.05) is 0 Å². The van der Waals surface area contributed by atoms with E-state index in [1.165, 1.54) is 29.3 Å². The standard InChI is InChI=1S/C16H12ClF2N5O4/c1-2-23(8-3-4-10-11(5-8)28-16(18,19)27-10)12(25)7-24-15(26)9-6-20-21-13(9)14(17)22-24/h3-6H,2,7H2,1H3,(H,20,21). The van der Waals surface area contributed by atoms with Crippen LogP contribution in [0.3, 0.4) is 0 Å². The van der Waals surface area contributed by atoms with Crippen molar-refractivity contribution in [2.24, 2.45) is 0 Å². The van der Waals surface area contributed by atoms with Crippen molar-refractivity contribution in [1.82, 2.24) is 20.0 Å². The molecule has 0 saturated heterocycles. The minimum atomic E-state index is -3.75. The van der Waals surface area contributed by atoms with Crippen molar-refractivity contribution in [3.63, 3.8) is 0 Å². The highest BCUT2D eigenvalue weighted by Gasteiger charge is 2.43. The molecule has 3 aromatic rings. The van der Waals surface area contributed by atoms with E-state index in [0.29, 0.717) is 5.69 Å². The van der Waals surface area contributed by atoms with Gasteiger partial charge in [0.15, 0.2) is 16.7 Å². The van der Waals surface area contributed by atoms with Gasteiger partial charge in [0.2, 0.25) is 5.91 Å². The first kappa shape index (κ1) is 18.2. The Labute approximate surface area is 160 Å². The molecule has 0 bridgehead atoms. The third-order valence-corrected chi connectivity index (χ3v) is 4.38. The first-order chi connectivity index (χ1) is 13.3. The van der Waals surface area contributed by atoms with Crippen molar-refractivity contribution in [3.05, 3.63) is 39.9 Å². The summed E-state index contributed by atoms with van der Waals surface area (Å²) in [6.45, 7) is 1.50. The Kier molecular flexibility index (Phi) is 4.18. The predicted octanol–water partition coefficient (Wildman–Crippen LogP) is 2.15. The highest BCUT2D eigenvalue weighted by atomic mass is 35.5. The number of hydrogen-bond acceptors (Lipinski definition) is 6. The molecule has 4 rings (SSSR count). The molecule has 0 fully saturated rings. The normalized spacial score (nSPS) is 14.4. The molecule has 1 aromatic carbocycles. The minimum absolute atomic E-state index is 0.00624. The Morgan fingerprint density at radius 2 is 2.11 bits per heavy atom. The predicted molar refractivity (Wildman–Crippen MR) is 93.8 cm³/mol. The van der Waals surface area contributed by atoms with Gasteiger partial charge in [-0.1, -0.05) is 11.6 Å². The molecule has 146 valence electrons. The largest absolute Gasteiger partial charge is 0.586 e. The molecule has 0 spiro atoms. The summed E-state index contributed by atoms with van der Waals surface area (Å²) in [4.78, 5) is 26.5. The zero-order valence-electron chi connectivity index (χ0n) is 14.3. The van der Waals surface area contributed by atoms with E-state index in [4.69, 9.17) is 11.6 Å². The average molecular weight is 412 g/mol. The van der Waals surface area contributed by atoms with Crippen LogP contribution in [-0.2, 0) is 11.3 Å². The van der Waals surface area contributed by atoms with Crippen molar-refractivity contribution in [2.75, 3.05) is 11.4 Å². The molecular weight excluding hydrogens is 400 g/mol. The lowest BCUT2D eigenvalue weighted by molar-refractivity contribution is -0.286. The zero-order valence-corrected chi connectivity index (χ0v) is 15.0. The molecule has 0 aliphatic carbocycles. The van der Waals surface area contributed by atoms with Crippen molar-refractivity contribution in [3.8, 4) is 11.5 Å². The van der Waals surface area contributed by atoms with E-state index in [1.54, 1.807) is 6.92 Å². The minimum Gasteiger partial charge on any atom is -0.395 e. The van der Waals surface area contributed by atoms with Crippen molar-refractivity contribution in [2.45, 2.75) is 19.8 Å². The van der Waals surface area contributed by atoms with E-state index in [9.17, 15) is 18.4 Å². The van der Waals surface area contributed by atoms with Gasteiger partial charge in [-0.05, 0) is 19.1 Å². The molecule has 12 heteroatoms. The number of halogens is 3. The first-order valence-corrected chi connectivity index (χ1v) is 8.47. The quantitative estimate of drug-likeness (QED) is 0.705. The summed E-state index contributed by atoms with van der Waals surface area (Å²) in [5.74, 6) is -0.819. The molecule has 28 heavy (non-hydrogen) atoms. The monoisotopic (exact) mass is 411 g/mol. The highest BCUT2D eigenvalue weighted by Crippen LogP contribution is 2.42. The lowest BCUT2D eigenvalue weighted by Crippen LogP contribution is -2.37. The maximum atomic E-state index is 13.2. The van der Waals surface area contributed by atoms with Crippen LogP contribution in [0.1, 0.15) is 6.92 Å². The van der Waals surface area contributed by atoms with Crippen LogP contribution in [0.15, 0.2) is 29.2 Å². The van der Waals surface area contributed by atoms with Crippen LogP contribution >= 0.6 is 11.6 Å². The van der Waals surface area contributed by atoms with E-state index >= 15 is 0 Å². The number of carbonyl (C=O) groups excluding carboxylic acids is 1. The van der Waals surface area contributed by atoms with Crippen molar-refractivity contribution in [1.29, 1.82) is 0 Å². The fraction of sp³-hybridized carbons (Fsp3) is 0.250. The smallest absolute Gasteiger partial charge is 0.395 e. The summed E-state index contributed by atoms with van der Waals surface area (Å²) >= 11 is 6.01. The van der Waals surface area contributed by atoms with E-state index in [2.05, 4.69) is 24.8 Å².